The molecular weight excluding hydrogens is 252 g/mol. The molecule has 1 heterocycles. The molecule has 1 N–H and O–H groups in total. The molecule has 0 amide bonds. The molecule has 0 saturated heterocycles. The lowest BCUT2D eigenvalue weighted by Gasteiger charge is -2.03. The van der Waals surface area contributed by atoms with Gasteiger partial charge in [0.1, 0.15) is 0 Å². The normalized spacial score (nSPS) is 12.1. The molecule has 0 saturated carbocycles. The Bertz CT molecular complexity index is 619. The molecule has 6 heteroatoms. The summed E-state index contributed by atoms with van der Waals surface area (Å²) >= 11 is 0. The average Bonchev–Trinajstić information content (AvgIpc) is 2.71. The molecular formula is C12H16N2O3S. The molecule has 0 bridgehead atoms. The van der Waals surface area contributed by atoms with E-state index in [0.717, 1.165) is 30.4 Å². The van der Waals surface area contributed by atoms with E-state index in [9.17, 15) is 8.42 Å². The van der Waals surface area contributed by atoms with Gasteiger partial charge in [0.2, 0.25) is 0 Å². The highest BCUT2D eigenvalue weighted by Crippen LogP contribution is 2.13. The summed E-state index contributed by atoms with van der Waals surface area (Å²) in [6.07, 6.45) is 3.93. The number of para-hydroxylation sites is 2. The number of aryl methyl sites for hydroxylation is 1. The van der Waals surface area contributed by atoms with E-state index in [0.29, 0.717) is 6.42 Å². The Morgan fingerprint density at radius 1 is 1.17 bits per heavy atom. The Morgan fingerprint density at radius 2 is 1.94 bits per heavy atom. The zero-order valence-electron chi connectivity index (χ0n) is 9.99. The van der Waals surface area contributed by atoms with Gasteiger partial charge in [-0.2, -0.15) is 8.42 Å². The quantitative estimate of drug-likeness (QED) is 0.643. The molecule has 0 fully saturated rings. The molecule has 0 atom stereocenters. The van der Waals surface area contributed by atoms with Crippen molar-refractivity contribution in [3.05, 3.63) is 30.6 Å². The molecule has 1 aromatic heterocycles. The summed E-state index contributed by atoms with van der Waals surface area (Å²) in [6, 6.07) is 7.90. The van der Waals surface area contributed by atoms with Crippen LogP contribution in [0.25, 0.3) is 11.0 Å². The Kier molecular flexibility index (Phi) is 3.98. The zero-order valence-corrected chi connectivity index (χ0v) is 10.8. The Hall–Kier alpha value is -1.40. The fourth-order valence-corrected chi connectivity index (χ4v) is 2.50. The predicted molar refractivity (Wildman–Crippen MR) is 70.0 cm³/mol. The third-order valence-electron chi connectivity index (χ3n) is 2.83. The van der Waals surface area contributed by atoms with Crippen molar-refractivity contribution in [2.24, 2.45) is 0 Å². The number of rotatable bonds is 6. The summed E-state index contributed by atoms with van der Waals surface area (Å²) in [6.45, 7) is 0.811. The minimum absolute atomic E-state index is 0.155. The molecule has 5 nitrogen and oxygen atoms in total. The first-order chi connectivity index (χ1) is 8.56. The van der Waals surface area contributed by atoms with Crippen molar-refractivity contribution in [2.75, 3.05) is 5.75 Å². The number of unbranched alkanes of at least 4 members (excludes halogenated alkanes) is 2. The van der Waals surface area contributed by atoms with Gasteiger partial charge in [0.25, 0.3) is 10.1 Å². The van der Waals surface area contributed by atoms with Gasteiger partial charge < -0.3 is 4.57 Å². The standard InChI is InChI=1S/C12H16N2O3S/c15-18(16,17)9-5-1-4-8-14-10-13-11-6-2-3-7-12(11)14/h2-3,6-7,10H,1,4-5,8-9H2,(H,15,16,17). The van der Waals surface area contributed by atoms with Crippen molar-refractivity contribution in [1.82, 2.24) is 9.55 Å². The number of aromatic nitrogens is 2. The fourth-order valence-electron chi connectivity index (χ4n) is 1.93. The van der Waals surface area contributed by atoms with Crippen LogP contribution in [-0.4, -0.2) is 28.3 Å². The first-order valence-corrected chi connectivity index (χ1v) is 7.52. The first kappa shape index (κ1) is 13.0. The van der Waals surface area contributed by atoms with E-state index in [4.69, 9.17) is 4.55 Å². The first-order valence-electron chi connectivity index (χ1n) is 5.91. The molecule has 0 radical (unpaired) electrons. The summed E-state index contributed by atoms with van der Waals surface area (Å²) in [5.74, 6) is -0.155. The number of hydrogen-bond donors (Lipinski definition) is 1. The highest BCUT2D eigenvalue weighted by molar-refractivity contribution is 7.85. The van der Waals surface area contributed by atoms with Crippen LogP contribution < -0.4 is 0 Å². The van der Waals surface area contributed by atoms with Gasteiger partial charge in [-0.25, -0.2) is 4.98 Å². The topological polar surface area (TPSA) is 72.2 Å². The van der Waals surface area contributed by atoms with Crippen molar-refractivity contribution >= 4 is 21.2 Å². The number of hydrogen-bond acceptors (Lipinski definition) is 3. The van der Waals surface area contributed by atoms with Gasteiger partial charge in [-0.05, 0) is 25.0 Å². The SMILES string of the molecule is O=S(=O)(O)CCCCCn1cnc2ccccc21. The van der Waals surface area contributed by atoms with Crippen LogP contribution in [0.2, 0.25) is 0 Å². The second-order valence-electron chi connectivity index (χ2n) is 4.27. The summed E-state index contributed by atoms with van der Waals surface area (Å²) in [5.41, 5.74) is 2.06. The Morgan fingerprint density at radius 3 is 2.72 bits per heavy atom. The summed E-state index contributed by atoms with van der Waals surface area (Å²) in [4.78, 5) is 4.28. The second-order valence-corrected chi connectivity index (χ2v) is 5.85. The van der Waals surface area contributed by atoms with Crippen LogP contribution in [0.5, 0.6) is 0 Å². The van der Waals surface area contributed by atoms with Crippen LogP contribution in [0.15, 0.2) is 30.6 Å². The third-order valence-corrected chi connectivity index (χ3v) is 3.63. The monoisotopic (exact) mass is 268 g/mol. The van der Waals surface area contributed by atoms with Gasteiger partial charge in [-0.3, -0.25) is 4.55 Å². The lowest BCUT2D eigenvalue weighted by atomic mass is 10.2. The van der Waals surface area contributed by atoms with Crippen LogP contribution in [0.3, 0.4) is 0 Å². The largest absolute Gasteiger partial charge is 0.331 e. The van der Waals surface area contributed by atoms with E-state index in [1.165, 1.54) is 0 Å². The van der Waals surface area contributed by atoms with E-state index in [2.05, 4.69) is 9.55 Å². The van der Waals surface area contributed by atoms with Gasteiger partial charge in [-0.15, -0.1) is 0 Å². The number of imidazole rings is 1. The molecule has 0 aliphatic rings. The van der Waals surface area contributed by atoms with Crippen molar-refractivity contribution < 1.29 is 13.0 Å². The lowest BCUT2D eigenvalue weighted by Crippen LogP contribution is -2.04. The fraction of sp³-hybridized carbons (Fsp3) is 0.417. The minimum Gasteiger partial charge on any atom is -0.331 e. The molecule has 0 spiro atoms. The van der Waals surface area contributed by atoms with E-state index in [1.54, 1.807) is 6.33 Å². The predicted octanol–water partition coefficient (Wildman–Crippen LogP) is 2.09. The number of benzene rings is 1. The maximum absolute atomic E-state index is 10.5. The smallest absolute Gasteiger partial charge is 0.264 e. The highest BCUT2D eigenvalue weighted by atomic mass is 32.2. The minimum atomic E-state index is -3.81. The van der Waals surface area contributed by atoms with E-state index in [-0.39, 0.29) is 5.75 Å². The number of fused-ring (bicyclic) bond motifs is 1. The van der Waals surface area contributed by atoms with Crippen LogP contribution in [-0.2, 0) is 16.7 Å². The molecule has 18 heavy (non-hydrogen) atoms. The third kappa shape index (κ3) is 3.54. The van der Waals surface area contributed by atoms with Crippen LogP contribution in [0, 0.1) is 0 Å². The van der Waals surface area contributed by atoms with E-state index < -0.39 is 10.1 Å². The van der Waals surface area contributed by atoms with Gasteiger partial charge in [-0.1, -0.05) is 18.6 Å². The number of nitrogens with zero attached hydrogens (tertiary/aromatic N) is 2. The molecule has 2 rings (SSSR count). The molecule has 98 valence electrons. The molecule has 2 aromatic rings. The van der Waals surface area contributed by atoms with Crippen LogP contribution >= 0.6 is 0 Å². The summed E-state index contributed by atoms with van der Waals surface area (Å²) in [5, 5.41) is 0. The van der Waals surface area contributed by atoms with Crippen molar-refractivity contribution in [3.63, 3.8) is 0 Å². The van der Waals surface area contributed by atoms with Gasteiger partial charge in [0.15, 0.2) is 0 Å². The molecule has 1 aromatic carbocycles. The van der Waals surface area contributed by atoms with E-state index >= 15 is 0 Å². The Balaban J connectivity index is 1.84. The molecule has 0 aliphatic heterocycles. The van der Waals surface area contributed by atoms with Crippen LogP contribution in [0.1, 0.15) is 19.3 Å². The van der Waals surface area contributed by atoms with Crippen LogP contribution in [0.4, 0.5) is 0 Å². The summed E-state index contributed by atoms with van der Waals surface area (Å²) in [7, 11) is -3.81. The molecule has 0 aliphatic carbocycles. The average molecular weight is 268 g/mol. The van der Waals surface area contributed by atoms with Gasteiger partial charge >= 0.3 is 0 Å². The van der Waals surface area contributed by atoms with Crippen molar-refractivity contribution in [1.29, 1.82) is 0 Å². The zero-order chi connectivity index (χ0) is 13.0. The maximum atomic E-state index is 10.5. The van der Waals surface area contributed by atoms with Crippen molar-refractivity contribution in [3.8, 4) is 0 Å². The molecule has 0 unspecified atom stereocenters. The van der Waals surface area contributed by atoms with Crippen molar-refractivity contribution in [2.45, 2.75) is 25.8 Å². The second kappa shape index (κ2) is 5.49. The van der Waals surface area contributed by atoms with Gasteiger partial charge in [0, 0.05) is 6.54 Å². The van der Waals surface area contributed by atoms with E-state index in [1.807, 2.05) is 24.3 Å². The Labute approximate surface area is 106 Å². The van der Waals surface area contributed by atoms with Gasteiger partial charge in [0.05, 0.1) is 23.1 Å². The lowest BCUT2D eigenvalue weighted by molar-refractivity contribution is 0.478. The highest BCUT2D eigenvalue weighted by Gasteiger charge is 2.04. The summed E-state index contributed by atoms with van der Waals surface area (Å²) < 4.78 is 31.7. The maximum Gasteiger partial charge on any atom is 0.264 e.